The number of carbonyl (C=O) groups is 2. The molecule has 11 heteroatoms. The van der Waals surface area contributed by atoms with Gasteiger partial charge in [0.1, 0.15) is 10.3 Å². The van der Waals surface area contributed by atoms with Crippen LogP contribution in [0.25, 0.3) is 0 Å². The SMILES string of the molecule is O=C(c1ccccc1Cl)c1cc(Br)ccc1NC(=O)C1CCCCN1S(=O)(=O)c1ccc(Cl)s1. The van der Waals surface area contributed by atoms with Crippen molar-refractivity contribution in [2.45, 2.75) is 29.5 Å². The summed E-state index contributed by atoms with van der Waals surface area (Å²) >= 11 is 16.5. The number of amides is 1. The van der Waals surface area contributed by atoms with E-state index in [1.165, 1.54) is 16.4 Å². The van der Waals surface area contributed by atoms with E-state index in [2.05, 4.69) is 21.2 Å². The molecule has 1 aliphatic rings. The van der Waals surface area contributed by atoms with E-state index in [0.717, 1.165) is 11.3 Å². The molecule has 34 heavy (non-hydrogen) atoms. The normalized spacial score (nSPS) is 16.9. The zero-order chi connectivity index (χ0) is 24.5. The standard InChI is InChI=1S/C23H19BrCl2N2O4S2/c24-14-8-9-18(16(13-14)22(29)15-5-1-2-6-17(15)25)27-23(30)19-7-3-4-12-28(19)34(31,32)21-11-10-20(26)33-21/h1-2,5-6,8-11,13,19H,3-4,7,12H2,(H,27,30). The number of anilines is 1. The Labute approximate surface area is 220 Å². The largest absolute Gasteiger partial charge is 0.324 e. The highest BCUT2D eigenvalue weighted by molar-refractivity contribution is 9.10. The zero-order valence-electron chi connectivity index (χ0n) is 17.6. The van der Waals surface area contributed by atoms with Crippen molar-refractivity contribution in [2.24, 2.45) is 0 Å². The van der Waals surface area contributed by atoms with E-state index in [9.17, 15) is 18.0 Å². The molecule has 1 unspecified atom stereocenters. The number of halogens is 3. The van der Waals surface area contributed by atoms with Crippen molar-refractivity contribution < 1.29 is 18.0 Å². The third-order valence-electron chi connectivity index (χ3n) is 5.47. The molecule has 0 aliphatic carbocycles. The minimum absolute atomic E-state index is 0.0930. The molecule has 0 spiro atoms. The number of hydrogen-bond donors (Lipinski definition) is 1. The molecule has 1 amide bonds. The van der Waals surface area contributed by atoms with Crippen LogP contribution < -0.4 is 5.32 Å². The molecule has 0 radical (unpaired) electrons. The first kappa shape index (κ1) is 25.3. The number of ketones is 1. The summed E-state index contributed by atoms with van der Waals surface area (Å²) in [5.41, 5.74) is 0.820. The predicted molar refractivity (Wildman–Crippen MR) is 139 cm³/mol. The van der Waals surface area contributed by atoms with Gasteiger partial charge in [-0.15, -0.1) is 11.3 Å². The Hall–Kier alpha value is -1.75. The van der Waals surface area contributed by atoms with Gasteiger partial charge in [0.25, 0.3) is 10.0 Å². The second kappa shape index (κ2) is 10.5. The van der Waals surface area contributed by atoms with Crippen molar-refractivity contribution in [2.75, 3.05) is 11.9 Å². The molecule has 4 rings (SSSR count). The van der Waals surface area contributed by atoms with Gasteiger partial charge in [0.05, 0.1) is 15.0 Å². The number of thiophene rings is 1. The predicted octanol–water partition coefficient (Wildman–Crippen LogP) is 6.23. The van der Waals surface area contributed by atoms with Gasteiger partial charge >= 0.3 is 0 Å². The molecule has 1 saturated heterocycles. The Balaban J connectivity index is 1.64. The third kappa shape index (κ3) is 5.24. The summed E-state index contributed by atoms with van der Waals surface area (Å²) < 4.78 is 28.8. The number of carbonyl (C=O) groups excluding carboxylic acids is 2. The van der Waals surface area contributed by atoms with Crippen molar-refractivity contribution >= 4 is 77.9 Å². The highest BCUT2D eigenvalue weighted by atomic mass is 79.9. The minimum Gasteiger partial charge on any atom is -0.324 e. The lowest BCUT2D eigenvalue weighted by atomic mass is 10.0. The third-order valence-corrected chi connectivity index (χ3v) is 9.90. The quantitative estimate of drug-likeness (QED) is 0.339. The number of piperidine rings is 1. The molecular formula is C23H19BrCl2N2O4S2. The lowest BCUT2D eigenvalue weighted by molar-refractivity contribution is -0.120. The van der Waals surface area contributed by atoms with Crippen LogP contribution in [0, 0.1) is 0 Å². The molecule has 0 saturated carbocycles. The molecule has 1 aromatic heterocycles. The highest BCUT2D eigenvalue weighted by Crippen LogP contribution is 2.33. The van der Waals surface area contributed by atoms with Gasteiger partial charge in [-0.1, -0.05) is 57.7 Å². The van der Waals surface area contributed by atoms with Gasteiger partial charge in [-0.25, -0.2) is 8.42 Å². The maximum Gasteiger partial charge on any atom is 0.253 e. The number of hydrogen-bond acceptors (Lipinski definition) is 5. The van der Waals surface area contributed by atoms with E-state index < -0.39 is 22.0 Å². The van der Waals surface area contributed by atoms with E-state index in [1.807, 2.05) is 0 Å². The number of nitrogens with zero attached hydrogens (tertiary/aromatic N) is 1. The van der Waals surface area contributed by atoms with Crippen LogP contribution in [-0.2, 0) is 14.8 Å². The molecule has 1 fully saturated rings. The van der Waals surface area contributed by atoms with Crippen LogP contribution >= 0.6 is 50.5 Å². The molecule has 1 atom stereocenters. The number of nitrogens with one attached hydrogen (secondary N) is 1. The zero-order valence-corrected chi connectivity index (χ0v) is 22.4. The van der Waals surface area contributed by atoms with Crippen molar-refractivity contribution in [1.82, 2.24) is 4.31 Å². The van der Waals surface area contributed by atoms with Gasteiger partial charge < -0.3 is 5.32 Å². The summed E-state index contributed by atoms with van der Waals surface area (Å²) in [6, 6.07) is 13.6. The monoisotopic (exact) mass is 600 g/mol. The molecule has 1 N–H and O–H groups in total. The van der Waals surface area contributed by atoms with Crippen molar-refractivity contribution in [3.8, 4) is 0 Å². The average Bonchev–Trinajstić information content (AvgIpc) is 3.27. The molecule has 2 aromatic carbocycles. The summed E-state index contributed by atoms with van der Waals surface area (Å²) in [5, 5.41) is 3.08. The van der Waals surface area contributed by atoms with E-state index in [-0.39, 0.29) is 27.8 Å². The summed E-state index contributed by atoms with van der Waals surface area (Å²) in [4.78, 5) is 26.6. The Bertz CT molecular complexity index is 1360. The first-order valence-corrected chi connectivity index (χ1v) is 14.2. The fraction of sp³-hybridized carbons (Fsp3) is 0.217. The van der Waals surface area contributed by atoms with Crippen molar-refractivity contribution in [1.29, 1.82) is 0 Å². The lowest BCUT2D eigenvalue weighted by Crippen LogP contribution is -2.49. The van der Waals surface area contributed by atoms with Gasteiger partial charge in [0.2, 0.25) is 5.91 Å². The molecule has 6 nitrogen and oxygen atoms in total. The fourth-order valence-electron chi connectivity index (χ4n) is 3.83. The van der Waals surface area contributed by atoms with Gasteiger partial charge in [-0.3, -0.25) is 9.59 Å². The molecule has 3 aromatic rings. The van der Waals surface area contributed by atoms with Gasteiger partial charge in [0, 0.05) is 22.1 Å². The summed E-state index contributed by atoms with van der Waals surface area (Å²) in [6.45, 7) is 0.224. The fourth-order valence-corrected chi connectivity index (χ4v) is 7.68. The average molecular weight is 602 g/mol. The van der Waals surface area contributed by atoms with Crippen LogP contribution in [0.2, 0.25) is 9.36 Å². The number of benzene rings is 2. The summed E-state index contributed by atoms with van der Waals surface area (Å²) in [6.07, 6.45) is 1.73. The molecule has 178 valence electrons. The Morgan fingerprint density at radius 3 is 2.50 bits per heavy atom. The molecule has 0 bridgehead atoms. The van der Waals surface area contributed by atoms with Gasteiger partial charge in [0.15, 0.2) is 5.78 Å². The molecular weight excluding hydrogens is 583 g/mol. The topological polar surface area (TPSA) is 83.6 Å². The van der Waals surface area contributed by atoms with Gasteiger partial charge in [-0.2, -0.15) is 4.31 Å². The molecule has 2 heterocycles. The summed E-state index contributed by atoms with van der Waals surface area (Å²) in [7, 11) is -3.89. The second-order valence-electron chi connectivity index (χ2n) is 7.67. The van der Waals surface area contributed by atoms with E-state index in [0.29, 0.717) is 38.7 Å². The summed E-state index contributed by atoms with van der Waals surface area (Å²) in [5.74, 6) is -0.856. The van der Waals surface area contributed by atoms with Crippen LogP contribution in [0.15, 0.2) is 63.3 Å². The Morgan fingerprint density at radius 2 is 1.79 bits per heavy atom. The van der Waals surface area contributed by atoms with Crippen LogP contribution in [-0.4, -0.2) is 37.0 Å². The van der Waals surface area contributed by atoms with Crippen LogP contribution in [0.1, 0.15) is 35.2 Å². The van der Waals surface area contributed by atoms with Crippen molar-refractivity contribution in [3.63, 3.8) is 0 Å². The highest BCUT2D eigenvalue weighted by Gasteiger charge is 2.38. The first-order valence-electron chi connectivity index (χ1n) is 10.4. The van der Waals surface area contributed by atoms with Crippen LogP contribution in [0.5, 0.6) is 0 Å². The van der Waals surface area contributed by atoms with E-state index in [1.54, 1.807) is 42.5 Å². The first-order chi connectivity index (χ1) is 16.2. The minimum atomic E-state index is -3.89. The Morgan fingerprint density at radius 1 is 1.03 bits per heavy atom. The number of rotatable bonds is 6. The van der Waals surface area contributed by atoms with Crippen molar-refractivity contribution in [3.05, 3.63) is 79.6 Å². The maximum absolute atomic E-state index is 13.3. The molecule has 1 aliphatic heterocycles. The van der Waals surface area contributed by atoms with E-state index in [4.69, 9.17) is 23.2 Å². The van der Waals surface area contributed by atoms with Gasteiger partial charge in [-0.05, 0) is 55.3 Å². The smallest absolute Gasteiger partial charge is 0.253 e. The van der Waals surface area contributed by atoms with E-state index >= 15 is 0 Å². The lowest BCUT2D eigenvalue weighted by Gasteiger charge is -2.33. The maximum atomic E-state index is 13.3. The Kier molecular flexibility index (Phi) is 7.81. The van der Waals surface area contributed by atoms with Crippen LogP contribution in [0.3, 0.4) is 0 Å². The second-order valence-corrected chi connectivity index (χ2v) is 12.8. The van der Waals surface area contributed by atoms with Crippen LogP contribution in [0.4, 0.5) is 5.69 Å². The number of sulfonamides is 1.